The van der Waals surface area contributed by atoms with Crippen molar-refractivity contribution in [2.45, 2.75) is 26.7 Å². The first-order chi connectivity index (χ1) is 11.2. The Labute approximate surface area is 137 Å². The Morgan fingerprint density at radius 2 is 1.87 bits per heavy atom. The number of nitrogens with one attached hydrogen (secondary N) is 1. The van der Waals surface area contributed by atoms with Crippen LogP contribution in [0.4, 0.5) is 5.82 Å². The molecule has 1 aliphatic heterocycles. The molecule has 1 aliphatic rings. The van der Waals surface area contributed by atoms with Crippen molar-refractivity contribution in [3.63, 3.8) is 0 Å². The smallest absolute Gasteiger partial charge is 0.133 e. The van der Waals surface area contributed by atoms with Gasteiger partial charge in [0.1, 0.15) is 5.82 Å². The molecule has 0 unspecified atom stereocenters. The van der Waals surface area contributed by atoms with Crippen LogP contribution in [0.5, 0.6) is 0 Å². The van der Waals surface area contributed by atoms with Crippen molar-refractivity contribution in [2.75, 3.05) is 11.9 Å². The lowest BCUT2D eigenvalue weighted by atomic mass is 10.1. The van der Waals surface area contributed by atoms with Gasteiger partial charge in [-0.05, 0) is 43.0 Å². The van der Waals surface area contributed by atoms with E-state index in [9.17, 15) is 0 Å². The van der Waals surface area contributed by atoms with Gasteiger partial charge in [-0.15, -0.1) is 0 Å². The largest absolute Gasteiger partial charge is 0.369 e. The molecular formula is C20H21N3. The number of fused-ring (bicyclic) bond motifs is 1. The lowest BCUT2D eigenvalue weighted by molar-refractivity contribution is 0.833. The summed E-state index contributed by atoms with van der Waals surface area (Å²) in [4.78, 5) is 0. The highest BCUT2D eigenvalue weighted by molar-refractivity contribution is 5.59. The van der Waals surface area contributed by atoms with Gasteiger partial charge in [0.25, 0.3) is 0 Å². The number of benzene rings is 2. The third kappa shape index (κ3) is 2.42. The first-order valence-electron chi connectivity index (χ1n) is 8.19. The van der Waals surface area contributed by atoms with Gasteiger partial charge in [-0.25, -0.2) is 4.68 Å². The Balaban J connectivity index is 1.80. The second-order valence-corrected chi connectivity index (χ2v) is 6.24. The molecule has 0 bridgehead atoms. The maximum Gasteiger partial charge on any atom is 0.133 e. The fraction of sp³-hybridized carbons (Fsp3) is 0.250. The Morgan fingerprint density at radius 3 is 2.70 bits per heavy atom. The van der Waals surface area contributed by atoms with Crippen molar-refractivity contribution in [3.8, 4) is 5.69 Å². The first kappa shape index (κ1) is 14.1. The van der Waals surface area contributed by atoms with E-state index in [2.05, 4.69) is 72.4 Å². The fourth-order valence-electron chi connectivity index (χ4n) is 3.32. The maximum atomic E-state index is 4.95. The molecule has 3 nitrogen and oxygen atoms in total. The summed E-state index contributed by atoms with van der Waals surface area (Å²) >= 11 is 0. The predicted octanol–water partition coefficient (Wildman–Crippen LogP) is 4.05. The summed E-state index contributed by atoms with van der Waals surface area (Å²) in [6.07, 6.45) is 1.95. The van der Waals surface area contributed by atoms with Crippen LogP contribution in [0, 0.1) is 13.8 Å². The minimum atomic E-state index is 0.892. The second kappa shape index (κ2) is 5.58. The van der Waals surface area contributed by atoms with Gasteiger partial charge >= 0.3 is 0 Å². The molecule has 2 heterocycles. The van der Waals surface area contributed by atoms with Gasteiger partial charge in [-0.3, -0.25) is 0 Å². The van der Waals surface area contributed by atoms with E-state index in [1.165, 1.54) is 39.5 Å². The molecule has 3 aromatic rings. The molecule has 1 aromatic heterocycles. The highest BCUT2D eigenvalue weighted by Gasteiger charge is 2.23. The van der Waals surface area contributed by atoms with Crippen molar-refractivity contribution < 1.29 is 0 Å². The van der Waals surface area contributed by atoms with E-state index < -0.39 is 0 Å². The molecule has 4 rings (SSSR count). The van der Waals surface area contributed by atoms with Crippen molar-refractivity contribution in [3.05, 3.63) is 76.5 Å². The number of hydrogen-bond acceptors (Lipinski definition) is 2. The highest BCUT2D eigenvalue weighted by atomic mass is 15.3. The van der Waals surface area contributed by atoms with Crippen LogP contribution in [0.15, 0.2) is 48.5 Å². The molecule has 0 spiro atoms. The minimum absolute atomic E-state index is 0.892. The number of hydrogen-bond donors (Lipinski definition) is 1. The molecule has 2 aromatic carbocycles. The fourth-order valence-corrected chi connectivity index (χ4v) is 3.32. The maximum absolute atomic E-state index is 4.95. The van der Waals surface area contributed by atoms with E-state index in [1.54, 1.807) is 0 Å². The van der Waals surface area contributed by atoms with Gasteiger partial charge in [0.2, 0.25) is 0 Å². The van der Waals surface area contributed by atoms with E-state index >= 15 is 0 Å². The van der Waals surface area contributed by atoms with Gasteiger partial charge in [-0.2, -0.15) is 5.10 Å². The molecule has 0 aliphatic carbocycles. The molecule has 0 amide bonds. The Morgan fingerprint density at radius 1 is 1.04 bits per heavy atom. The lowest BCUT2D eigenvalue weighted by Gasteiger charge is -2.11. The molecule has 116 valence electrons. The Bertz CT molecular complexity index is 847. The molecule has 0 fully saturated rings. The summed E-state index contributed by atoms with van der Waals surface area (Å²) in [6, 6.07) is 17.0. The summed E-state index contributed by atoms with van der Waals surface area (Å²) in [5.41, 5.74) is 7.64. The Kier molecular flexibility index (Phi) is 3.41. The van der Waals surface area contributed by atoms with Crippen LogP contribution < -0.4 is 5.32 Å². The van der Waals surface area contributed by atoms with E-state index in [4.69, 9.17) is 5.10 Å². The van der Waals surface area contributed by atoms with Crippen LogP contribution in [0.2, 0.25) is 0 Å². The number of anilines is 1. The Hall–Kier alpha value is -2.55. The van der Waals surface area contributed by atoms with Crippen LogP contribution in [0.3, 0.4) is 0 Å². The van der Waals surface area contributed by atoms with Crippen LogP contribution in [0.25, 0.3) is 5.69 Å². The van der Waals surface area contributed by atoms with Crippen LogP contribution in [0.1, 0.15) is 27.9 Å². The number of rotatable bonds is 3. The summed E-state index contributed by atoms with van der Waals surface area (Å²) in [7, 11) is 0. The molecule has 1 N–H and O–H groups in total. The number of aromatic nitrogens is 2. The summed E-state index contributed by atoms with van der Waals surface area (Å²) in [5, 5.41) is 8.47. The zero-order valence-electron chi connectivity index (χ0n) is 13.6. The quantitative estimate of drug-likeness (QED) is 0.791. The molecule has 3 heteroatoms. The van der Waals surface area contributed by atoms with Gasteiger partial charge in [0.15, 0.2) is 0 Å². The zero-order chi connectivity index (χ0) is 15.8. The van der Waals surface area contributed by atoms with Crippen LogP contribution in [-0.4, -0.2) is 16.3 Å². The zero-order valence-corrected chi connectivity index (χ0v) is 13.6. The molecule has 0 atom stereocenters. The van der Waals surface area contributed by atoms with Crippen molar-refractivity contribution in [1.82, 2.24) is 9.78 Å². The lowest BCUT2D eigenvalue weighted by Crippen LogP contribution is -2.07. The van der Waals surface area contributed by atoms with Crippen molar-refractivity contribution in [1.29, 1.82) is 0 Å². The highest BCUT2D eigenvalue weighted by Crippen LogP contribution is 2.31. The van der Waals surface area contributed by atoms with Gasteiger partial charge < -0.3 is 5.32 Å². The third-order valence-electron chi connectivity index (χ3n) is 4.75. The summed E-state index contributed by atoms with van der Waals surface area (Å²) in [6.45, 7) is 5.32. The van der Waals surface area contributed by atoms with Gasteiger partial charge in [0.05, 0.1) is 11.4 Å². The third-order valence-corrected chi connectivity index (χ3v) is 4.75. The normalized spacial score (nSPS) is 13.0. The average Bonchev–Trinajstić information content (AvgIpc) is 3.15. The standard InChI is InChI=1S/C20H21N3/c1-14-7-6-10-19(15(14)2)23-20-17(11-12-21-20)18(22-23)13-16-8-4-3-5-9-16/h3-10,21H,11-13H2,1-2H3. The minimum Gasteiger partial charge on any atom is -0.369 e. The second-order valence-electron chi connectivity index (χ2n) is 6.24. The summed E-state index contributed by atoms with van der Waals surface area (Å²) < 4.78 is 2.10. The van der Waals surface area contributed by atoms with Crippen molar-refractivity contribution in [2.24, 2.45) is 0 Å². The van der Waals surface area contributed by atoms with E-state index in [1.807, 2.05) is 0 Å². The summed E-state index contributed by atoms with van der Waals surface area (Å²) in [5.74, 6) is 1.17. The monoisotopic (exact) mass is 303 g/mol. The predicted molar refractivity (Wildman–Crippen MR) is 94.5 cm³/mol. The molecular weight excluding hydrogens is 282 g/mol. The van der Waals surface area contributed by atoms with Gasteiger partial charge in [-0.1, -0.05) is 42.5 Å². The first-order valence-corrected chi connectivity index (χ1v) is 8.19. The topological polar surface area (TPSA) is 29.9 Å². The molecule has 0 radical (unpaired) electrons. The molecule has 0 saturated carbocycles. The SMILES string of the molecule is Cc1cccc(-n2nc(Cc3ccccc3)c3c2NCC3)c1C. The number of nitrogens with zero attached hydrogens (tertiary/aromatic N) is 2. The molecule has 0 saturated heterocycles. The van der Waals surface area contributed by atoms with E-state index in [0.29, 0.717) is 0 Å². The van der Waals surface area contributed by atoms with E-state index in [0.717, 1.165) is 19.4 Å². The van der Waals surface area contributed by atoms with Crippen molar-refractivity contribution >= 4 is 5.82 Å². The average molecular weight is 303 g/mol. The molecule has 23 heavy (non-hydrogen) atoms. The van der Waals surface area contributed by atoms with Crippen LogP contribution in [-0.2, 0) is 12.8 Å². The number of aryl methyl sites for hydroxylation is 1. The van der Waals surface area contributed by atoms with Gasteiger partial charge in [0, 0.05) is 18.5 Å². The van der Waals surface area contributed by atoms with Crippen LogP contribution >= 0.6 is 0 Å². The van der Waals surface area contributed by atoms with E-state index in [-0.39, 0.29) is 0 Å².